The van der Waals surface area contributed by atoms with Crippen LogP contribution in [0.4, 0.5) is 0 Å². The van der Waals surface area contributed by atoms with Crippen molar-refractivity contribution in [1.29, 1.82) is 0 Å². The van der Waals surface area contributed by atoms with Gasteiger partial charge in [0.2, 0.25) is 0 Å². The van der Waals surface area contributed by atoms with Crippen molar-refractivity contribution >= 4 is 44.5 Å². The number of hydrogen-bond acceptors (Lipinski definition) is 15. The minimum Gasteiger partial charge on any atom is -0.466 e. The molecule has 4 unspecified atom stereocenters. The minimum absolute atomic E-state index is 0.0265. The second-order valence-electron chi connectivity index (χ2n) is 16.4. The molecule has 0 spiro atoms. The summed E-state index contributed by atoms with van der Waals surface area (Å²) in [5.41, 5.74) is 0. The number of rotatable bonds is 39. The lowest BCUT2D eigenvalue weighted by atomic mass is 9.85. The molecule has 1 aliphatic carbocycles. The summed E-state index contributed by atoms with van der Waals surface area (Å²) in [7, 11) is -10.7. The van der Waals surface area contributed by atoms with E-state index in [0.29, 0.717) is 19.3 Å². The zero-order valence-electron chi connectivity index (χ0n) is 37.3. The second kappa shape index (κ2) is 35.2. The largest absolute Gasteiger partial charge is 0.472 e. The van der Waals surface area contributed by atoms with Gasteiger partial charge in [-0.15, -0.1) is 0 Å². The Morgan fingerprint density at radius 3 is 1.52 bits per heavy atom. The zero-order chi connectivity index (χ0) is 46.2. The number of phosphoric acid groups is 2. The highest BCUT2D eigenvalue weighted by Gasteiger charge is 2.54. The molecule has 0 heterocycles. The Hall–Kier alpha value is -0.980. The van der Waals surface area contributed by atoms with Gasteiger partial charge in [0.25, 0.3) is 0 Å². The van der Waals surface area contributed by atoms with Crippen LogP contribution in [-0.4, -0.2) is 114 Å². The quantitative estimate of drug-likeness (QED) is 0.0176. The van der Waals surface area contributed by atoms with Crippen LogP contribution < -0.4 is 0 Å². The van der Waals surface area contributed by atoms with Gasteiger partial charge in [0.05, 0.1) is 19.6 Å². The van der Waals surface area contributed by atoms with Crippen molar-refractivity contribution < 1.29 is 81.7 Å². The van der Waals surface area contributed by atoms with Gasteiger partial charge in [-0.25, -0.2) is 9.13 Å². The van der Waals surface area contributed by atoms with Crippen LogP contribution in [0, 0.1) is 0 Å². The van der Waals surface area contributed by atoms with E-state index >= 15 is 0 Å². The van der Waals surface area contributed by atoms with Gasteiger partial charge < -0.3 is 44.6 Å². The molecule has 0 radical (unpaired) electrons. The van der Waals surface area contributed by atoms with Gasteiger partial charge >= 0.3 is 27.6 Å². The van der Waals surface area contributed by atoms with Crippen molar-refractivity contribution in [2.45, 2.75) is 230 Å². The van der Waals surface area contributed by atoms with Crippen molar-refractivity contribution in [3.8, 4) is 0 Å². The summed E-state index contributed by atoms with van der Waals surface area (Å²) in [5.74, 6) is -0.528. The summed E-state index contributed by atoms with van der Waals surface area (Å²) in [5, 5.41) is 41.5. The summed E-state index contributed by atoms with van der Waals surface area (Å²) in [6.45, 7) is 3.47. The molecule has 1 rings (SSSR count). The maximum atomic E-state index is 13.0. The molecule has 0 aromatic heterocycles. The fourth-order valence-electron chi connectivity index (χ4n) is 7.13. The van der Waals surface area contributed by atoms with Crippen LogP contribution >= 0.6 is 27.4 Å². The first-order valence-corrected chi connectivity index (χ1v) is 27.1. The van der Waals surface area contributed by atoms with Crippen molar-refractivity contribution in [2.24, 2.45) is 0 Å². The molecule has 1 aliphatic rings. The van der Waals surface area contributed by atoms with Gasteiger partial charge in [0.15, 0.2) is 5.12 Å². The van der Waals surface area contributed by atoms with E-state index in [1.165, 1.54) is 63.1 Å². The number of hydrogen-bond donors (Lipinski definition) is 7. The first-order chi connectivity index (χ1) is 29.5. The average Bonchev–Trinajstić information content (AvgIpc) is 3.21. The van der Waals surface area contributed by atoms with Crippen molar-refractivity contribution in [3.63, 3.8) is 0 Å². The molecule has 17 nitrogen and oxygen atoms in total. The molecule has 62 heavy (non-hydrogen) atoms. The summed E-state index contributed by atoms with van der Waals surface area (Å²) in [6, 6.07) is 0. The summed E-state index contributed by atoms with van der Waals surface area (Å²) in [6.07, 6.45) is 10.9. The van der Waals surface area contributed by atoms with Gasteiger partial charge in [-0.2, -0.15) is 0 Å². The first-order valence-electron chi connectivity index (χ1n) is 23.1. The topological polar surface area (TPSA) is 273 Å². The zero-order valence-corrected chi connectivity index (χ0v) is 39.9. The molecule has 366 valence electrons. The number of aliphatic hydroxyl groups is 4. The molecule has 1 fully saturated rings. The van der Waals surface area contributed by atoms with Gasteiger partial charge in [0, 0.05) is 18.6 Å². The monoisotopic (exact) mass is 950 g/mol. The molecule has 0 aromatic rings. The fraction of sp³-hybridized carbons (Fsp3) is 0.929. The van der Waals surface area contributed by atoms with Crippen LogP contribution in [-0.2, 0) is 46.6 Å². The molecule has 0 amide bonds. The van der Waals surface area contributed by atoms with Crippen LogP contribution in [0.25, 0.3) is 0 Å². The Kier molecular flexibility index (Phi) is 33.6. The first kappa shape index (κ1) is 59.0. The van der Waals surface area contributed by atoms with Gasteiger partial charge in [-0.1, -0.05) is 154 Å². The molecule has 0 aromatic carbocycles. The number of esters is 2. The number of carbonyl (C=O) groups excluding carboxylic acids is 3. The van der Waals surface area contributed by atoms with E-state index in [2.05, 4.69) is 11.4 Å². The molecule has 1 saturated carbocycles. The number of phosphoric ester groups is 2. The molecule has 8 atom stereocenters. The lowest BCUT2D eigenvalue weighted by molar-refractivity contribution is -0.216. The number of carbonyl (C=O) groups is 3. The van der Waals surface area contributed by atoms with E-state index in [9.17, 15) is 48.8 Å². The van der Waals surface area contributed by atoms with E-state index in [-0.39, 0.29) is 18.1 Å². The summed E-state index contributed by atoms with van der Waals surface area (Å²) >= 11 is 1.44. The Balaban J connectivity index is 2.58. The molecule has 0 aliphatic heterocycles. The van der Waals surface area contributed by atoms with Crippen molar-refractivity contribution in [3.05, 3.63) is 0 Å². The second-order valence-corrected chi connectivity index (χ2v) is 20.1. The van der Waals surface area contributed by atoms with Gasteiger partial charge in [-0.05, 0) is 25.7 Å². The SMILES string of the molecule is CCCCCCCCCCCCCCCC(=O)O[C@@H](COP(=O)(O)OC1C(O)[C@H](O)C(O)[C@H](OP(=O)(O)O)[C@@H]1O)CC(=O)OCCCCCCCCCCCCSC(=O)CCC. The Morgan fingerprint density at radius 2 is 1.02 bits per heavy atom. The minimum atomic E-state index is -5.37. The maximum absolute atomic E-state index is 13.0. The van der Waals surface area contributed by atoms with Crippen LogP contribution in [0.1, 0.15) is 187 Å². The normalized spacial score (nSPS) is 22.0. The molecule has 7 N–H and O–H groups in total. The smallest absolute Gasteiger partial charge is 0.466 e. The fourth-order valence-corrected chi connectivity index (χ4v) is 9.59. The Morgan fingerprint density at radius 1 is 0.548 bits per heavy atom. The molecule has 0 bridgehead atoms. The predicted octanol–water partition coefficient (Wildman–Crippen LogP) is 7.71. The third-order valence-corrected chi connectivity index (χ3v) is 13.2. The third kappa shape index (κ3) is 29.5. The van der Waals surface area contributed by atoms with E-state index in [1.54, 1.807) is 0 Å². The lowest BCUT2D eigenvalue weighted by Crippen LogP contribution is -2.64. The van der Waals surface area contributed by atoms with E-state index in [4.69, 9.17) is 28.3 Å². The summed E-state index contributed by atoms with van der Waals surface area (Å²) in [4.78, 5) is 66.0. The third-order valence-electron chi connectivity index (χ3n) is 10.7. The Bertz CT molecular complexity index is 1290. The standard InChI is InChI=1S/C42H80O17P2S/c1-3-5-6-7-8-9-10-11-12-15-18-21-24-28-34(43)57-33(31-35(44)55-29-25-22-19-16-13-14-17-20-23-26-30-62-36(45)27-4-2)32-56-61(53,54)59-42-39(48)37(46)38(47)41(40(42)49)58-60(50,51)52/h33,37-42,46-49H,3-32H2,1-2H3,(H,53,54)(H2,50,51,52)/t33-,37-,38?,39?,40+,41+,42?/m1/s1. The number of thioether (sulfide) groups is 1. The molecular weight excluding hydrogens is 870 g/mol. The van der Waals surface area contributed by atoms with Crippen molar-refractivity contribution in [1.82, 2.24) is 0 Å². The van der Waals surface area contributed by atoms with E-state index in [0.717, 1.165) is 95.6 Å². The number of unbranched alkanes of at least 4 members (excludes halogenated alkanes) is 21. The molecule has 20 heteroatoms. The molecular formula is C42H80O17P2S. The van der Waals surface area contributed by atoms with Gasteiger partial charge in [0.1, 0.15) is 42.7 Å². The van der Waals surface area contributed by atoms with Crippen LogP contribution in [0.5, 0.6) is 0 Å². The average molecular weight is 951 g/mol. The van der Waals surface area contributed by atoms with E-state index in [1.807, 2.05) is 6.92 Å². The van der Waals surface area contributed by atoms with Crippen molar-refractivity contribution in [2.75, 3.05) is 19.0 Å². The predicted molar refractivity (Wildman–Crippen MR) is 236 cm³/mol. The number of ether oxygens (including phenoxy) is 2. The highest BCUT2D eigenvalue weighted by molar-refractivity contribution is 8.13. The lowest BCUT2D eigenvalue weighted by Gasteiger charge is -2.43. The molecule has 0 saturated heterocycles. The maximum Gasteiger partial charge on any atom is 0.472 e. The highest BCUT2D eigenvalue weighted by atomic mass is 32.2. The number of aliphatic hydroxyl groups excluding tert-OH is 4. The van der Waals surface area contributed by atoms with Crippen LogP contribution in [0.3, 0.4) is 0 Å². The van der Waals surface area contributed by atoms with Crippen LogP contribution in [0.15, 0.2) is 0 Å². The van der Waals surface area contributed by atoms with Crippen LogP contribution in [0.2, 0.25) is 0 Å². The highest BCUT2D eigenvalue weighted by Crippen LogP contribution is 2.49. The van der Waals surface area contributed by atoms with Gasteiger partial charge in [-0.3, -0.25) is 28.0 Å². The Labute approximate surface area is 374 Å². The van der Waals surface area contributed by atoms with E-state index < -0.39 is 83.3 Å². The summed E-state index contributed by atoms with van der Waals surface area (Å²) < 4.78 is 49.3.